The van der Waals surface area contributed by atoms with E-state index in [2.05, 4.69) is 4.98 Å². The first kappa shape index (κ1) is 15.7. The molecule has 24 heavy (non-hydrogen) atoms. The second kappa shape index (κ2) is 6.95. The summed E-state index contributed by atoms with van der Waals surface area (Å²) in [5.74, 6) is -0.313. The fourth-order valence-corrected chi connectivity index (χ4v) is 2.02. The quantitative estimate of drug-likeness (QED) is 0.758. The number of nitrogens with zero attached hydrogens (tertiary/aromatic N) is 1. The lowest BCUT2D eigenvalue weighted by atomic mass is 10.2. The van der Waals surface area contributed by atoms with Crippen LogP contribution >= 0.6 is 0 Å². The van der Waals surface area contributed by atoms with Crippen molar-refractivity contribution in [1.29, 1.82) is 0 Å². The molecule has 0 radical (unpaired) electrons. The summed E-state index contributed by atoms with van der Waals surface area (Å²) in [6.45, 7) is 0.0639. The summed E-state index contributed by atoms with van der Waals surface area (Å²) in [5, 5.41) is 0. The van der Waals surface area contributed by atoms with Gasteiger partial charge in [0.25, 0.3) is 0 Å². The van der Waals surface area contributed by atoms with E-state index in [9.17, 15) is 8.78 Å². The van der Waals surface area contributed by atoms with Gasteiger partial charge in [0.2, 0.25) is 5.88 Å². The molecule has 3 rings (SSSR count). The van der Waals surface area contributed by atoms with Crippen LogP contribution in [-0.4, -0.2) is 4.98 Å². The molecule has 0 fully saturated rings. The van der Waals surface area contributed by atoms with Crippen molar-refractivity contribution in [1.82, 2.24) is 4.98 Å². The zero-order valence-electron chi connectivity index (χ0n) is 12.6. The summed E-state index contributed by atoms with van der Waals surface area (Å²) >= 11 is 0. The van der Waals surface area contributed by atoms with Gasteiger partial charge in [-0.1, -0.05) is 12.1 Å². The molecule has 0 atom stereocenters. The smallest absolute Gasteiger partial charge is 0.219 e. The van der Waals surface area contributed by atoms with Crippen LogP contribution < -0.4 is 15.2 Å². The van der Waals surface area contributed by atoms with Crippen LogP contribution in [0.5, 0.6) is 17.4 Å². The van der Waals surface area contributed by atoms with Crippen molar-refractivity contribution in [2.45, 2.75) is 6.61 Å². The van der Waals surface area contributed by atoms with Crippen LogP contribution in [0.15, 0.2) is 60.8 Å². The second-order valence-electron chi connectivity index (χ2n) is 5.04. The molecule has 1 aromatic heterocycles. The van der Waals surface area contributed by atoms with Gasteiger partial charge >= 0.3 is 0 Å². The van der Waals surface area contributed by atoms with Crippen LogP contribution in [0.3, 0.4) is 0 Å². The molecule has 0 amide bonds. The van der Waals surface area contributed by atoms with E-state index >= 15 is 0 Å². The van der Waals surface area contributed by atoms with Crippen molar-refractivity contribution >= 4 is 5.69 Å². The lowest BCUT2D eigenvalue weighted by Gasteiger charge is -2.09. The van der Waals surface area contributed by atoms with Crippen molar-refractivity contribution in [2.24, 2.45) is 0 Å². The third-order valence-electron chi connectivity index (χ3n) is 3.17. The Kier molecular flexibility index (Phi) is 4.56. The Labute approximate surface area is 137 Å². The summed E-state index contributed by atoms with van der Waals surface area (Å²) in [7, 11) is 0. The van der Waals surface area contributed by atoms with E-state index in [4.69, 9.17) is 15.2 Å². The predicted octanol–water partition coefficient (Wildman–Crippen LogP) is 4.31. The monoisotopic (exact) mass is 328 g/mol. The maximum absolute atomic E-state index is 14.1. The minimum absolute atomic E-state index is 0.0527. The Morgan fingerprint density at radius 1 is 1.00 bits per heavy atom. The van der Waals surface area contributed by atoms with Crippen LogP contribution in [0.25, 0.3) is 0 Å². The first-order valence-electron chi connectivity index (χ1n) is 7.16. The number of anilines is 1. The number of benzene rings is 2. The van der Waals surface area contributed by atoms with E-state index in [0.29, 0.717) is 17.1 Å². The van der Waals surface area contributed by atoms with Crippen LogP contribution in [-0.2, 0) is 6.61 Å². The summed E-state index contributed by atoms with van der Waals surface area (Å²) < 4.78 is 38.0. The highest BCUT2D eigenvalue weighted by Gasteiger charge is 2.08. The number of aromatic nitrogens is 1. The van der Waals surface area contributed by atoms with Gasteiger partial charge in [0, 0.05) is 12.1 Å². The SMILES string of the molecule is Nc1ccc(Oc2ccc(OCc3cccc(F)c3)c(F)c2)nc1. The van der Waals surface area contributed by atoms with Gasteiger partial charge in [-0.2, -0.15) is 0 Å². The Balaban J connectivity index is 1.67. The van der Waals surface area contributed by atoms with Crippen molar-refractivity contribution in [3.05, 3.63) is 78.0 Å². The topological polar surface area (TPSA) is 57.4 Å². The zero-order valence-corrected chi connectivity index (χ0v) is 12.6. The molecule has 2 aromatic carbocycles. The van der Waals surface area contributed by atoms with Crippen molar-refractivity contribution in [3.8, 4) is 17.4 Å². The van der Waals surface area contributed by atoms with E-state index < -0.39 is 5.82 Å². The van der Waals surface area contributed by atoms with Crippen LogP contribution in [0.2, 0.25) is 0 Å². The number of pyridine rings is 1. The summed E-state index contributed by atoms with van der Waals surface area (Å²) in [6.07, 6.45) is 1.45. The number of ether oxygens (including phenoxy) is 2. The van der Waals surface area contributed by atoms with Gasteiger partial charge in [0.1, 0.15) is 18.2 Å². The van der Waals surface area contributed by atoms with Gasteiger partial charge in [0.05, 0.1) is 11.9 Å². The van der Waals surface area contributed by atoms with Crippen molar-refractivity contribution < 1.29 is 18.3 Å². The van der Waals surface area contributed by atoms with Gasteiger partial charge in [-0.25, -0.2) is 13.8 Å². The van der Waals surface area contributed by atoms with Gasteiger partial charge in [0.15, 0.2) is 11.6 Å². The molecule has 0 aliphatic rings. The number of hydrogen-bond donors (Lipinski definition) is 1. The first-order chi connectivity index (χ1) is 11.6. The van der Waals surface area contributed by atoms with E-state index in [1.807, 2.05) is 0 Å². The highest BCUT2D eigenvalue weighted by molar-refractivity contribution is 5.39. The fourth-order valence-electron chi connectivity index (χ4n) is 2.02. The van der Waals surface area contributed by atoms with Crippen LogP contribution in [0, 0.1) is 11.6 Å². The predicted molar refractivity (Wildman–Crippen MR) is 85.9 cm³/mol. The normalized spacial score (nSPS) is 10.4. The molecule has 2 N–H and O–H groups in total. The molecule has 0 saturated heterocycles. The molecule has 0 aliphatic carbocycles. The Morgan fingerprint density at radius 2 is 1.88 bits per heavy atom. The van der Waals surface area contributed by atoms with E-state index in [1.165, 1.54) is 30.5 Å². The fraction of sp³-hybridized carbons (Fsp3) is 0.0556. The summed E-state index contributed by atoms with van der Waals surface area (Å²) in [4.78, 5) is 3.97. The van der Waals surface area contributed by atoms with Crippen molar-refractivity contribution in [3.63, 3.8) is 0 Å². The lowest BCUT2D eigenvalue weighted by molar-refractivity contribution is 0.289. The molecule has 4 nitrogen and oxygen atoms in total. The van der Waals surface area contributed by atoms with Gasteiger partial charge in [-0.05, 0) is 35.9 Å². The number of halogens is 2. The van der Waals surface area contributed by atoms with Crippen molar-refractivity contribution in [2.75, 3.05) is 5.73 Å². The Hall–Kier alpha value is -3.15. The minimum Gasteiger partial charge on any atom is -0.486 e. The zero-order chi connectivity index (χ0) is 16.9. The molecule has 3 aromatic rings. The minimum atomic E-state index is -0.584. The molecule has 0 spiro atoms. The number of rotatable bonds is 5. The molecule has 0 unspecified atom stereocenters. The Bertz CT molecular complexity index is 839. The summed E-state index contributed by atoms with van der Waals surface area (Å²) in [6, 6.07) is 13.4. The molecule has 122 valence electrons. The highest BCUT2D eigenvalue weighted by atomic mass is 19.1. The molecule has 0 bridgehead atoms. The number of nitrogen functional groups attached to an aromatic ring is 1. The summed E-state index contributed by atoms with van der Waals surface area (Å²) in [5.41, 5.74) is 6.66. The highest BCUT2D eigenvalue weighted by Crippen LogP contribution is 2.26. The van der Waals surface area contributed by atoms with E-state index in [1.54, 1.807) is 30.3 Å². The standard InChI is InChI=1S/C18H14F2N2O2/c19-13-3-1-2-12(8-13)11-23-17-6-5-15(9-16(17)20)24-18-7-4-14(21)10-22-18/h1-10H,11,21H2. The molecular formula is C18H14F2N2O2. The molecule has 1 heterocycles. The van der Waals surface area contributed by atoms with Gasteiger partial charge in [-0.3, -0.25) is 0 Å². The average molecular weight is 328 g/mol. The molecule has 6 heteroatoms. The van der Waals surface area contributed by atoms with E-state index in [-0.39, 0.29) is 23.9 Å². The molecule has 0 aliphatic heterocycles. The average Bonchev–Trinajstić information content (AvgIpc) is 2.56. The molecular weight excluding hydrogens is 314 g/mol. The largest absolute Gasteiger partial charge is 0.486 e. The van der Waals surface area contributed by atoms with Crippen LogP contribution in [0.4, 0.5) is 14.5 Å². The number of hydrogen-bond acceptors (Lipinski definition) is 4. The third kappa shape index (κ3) is 3.98. The second-order valence-corrected chi connectivity index (χ2v) is 5.04. The number of nitrogens with two attached hydrogens (primary N) is 1. The lowest BCUT2D eigenvalue weighted by Crippen LogP contribution is -1.98. The maximum atomic E-state index is 14.1. The maximum Gasteiger partial charge on any atom is 0.219 e. The Morgan fingerprint density at radius 3 is 2.58 bits per heavy atom. The third-order valence-corrected chi connectivity index (χ3v) is 3.17. The van der Waals surface area contributed by atoms with Gasteiger partial charge < -0.3 is 15.2 Å². The first-order valence-corrected chi connectivity index (χ1v) is 7.16. The van der Waals surface area contributed by atoms with Crippen LogP contribution in [0.1, 0.15) is 5.56 Å². The molecule has 0 saturated carbocycles. The van der Waals surface area contributed by atoms with Gasteiger partial charge in [-0.15, -0.1) is 0 Å². The van der Waals surface area contributed by atoms with E-state index in [0.717, 1.165) is 0 Å².